The van der Waals surface area contributed by atoms with E-state index in [-0.39, 0.29) is 18.9 Å². The summed E-state index contributed by atoms with van der Waals surface area (Å²) in [5, 5.41) is 6.83. The zero-order valence-electron chi connectivity index (χ0n) is 11.8. The molecule has 1 heterocycles. The van der Waals surface area contributed by atoms with Crippen LogP contribution in [0.25, 0.3) is 0 Å². The Kier molecular flexibility index (Phi) is 7.67. The van der Waals surface area contributed by atoms with Crippen LogP contribution < -0.4 is 5.14 Å². The first-order valence-electron chi connectivity index (χ1n) is 6.77. The first-order valence-corrected chi connectivity index (χ1v) is 9.64. The van der Waals surface area contributed by atoms with Gasteiger partial charge in [-0.3, -0.25) is 0 Å². The summed E-state index contributed by atoms with van der Waals surface area (Å²) >= 11 is 7.46. The van der Waals surface area contributed by atoms with E-state index in [1.165, 1.54) is 11.3 Å². The van der Waals surface area contributed by atoms with Crippen LogP contribution in [0.15, 0.2) is 35.7 Å². The second-order valence-corrected chi connectivity index (χ2v) is 7.91. The van der Waals surface area contributed by atoms with E-state index in [0.29, 0.717) is 9.90 Å². The summed E-state index contributed by atoms with van der Waals surface area (Å²) < 4.78 is 24.3. The number of benzene rings is 1. The Balaban J connectivity index is 0.00000242. The van der Waals surface area contributed by atoms with Crippen LogP contribution in [0.4, 0.5) is 0 Å². The second kappa shape index (κ2) is 8.54. The van der Waals surface area contributed by atoms with Crippen molar-refractivity contribution < 1.29 is 8.42 Å². The molecule has 1 aromatic heterocycles. The van der Waals surface area contributed by atoms with Crippen molar-refractivity contribution in [3.63, 3.8) is 0 Å². The Morgan fingerprint density at radius 3 is 2.50 bits per heavy atom. The molecule has 7 heteroatoms. The quantitative estimate of drug-likeness (QED) is 0.810. The fourth-order valence-corrected chi connectivity index (χ4v) is 5.15. The van der Waals surface area contributed by atoms with Crippen LogP contribution >= 0.6 is 22.9 Å². The number of halogens is 1. The maximum atomic E-state index is 12.1. The van der Waals surface area contributed by atoms with Crippen molar-refractivity contribution in [2.45, 2.75) is 31.4 Å². The molecule has 0 radical (unpaired) electrons. The maximum absolute atomic E-state index is 12.1. The summed E-state index contributed by atoms with van der Waals surface area (Å²) in [5.74, 6) is 0. The first-order chi connectivity index (χ1) is 9.95. The Morgan fingerprint density at radius 2 is 1.95 bits per heavy atom. The summed E-state index contributed by atoms with van der Waals surface area (Å²) in [6, 6.07) is 9.25. The molecule has 2 aromatic rings. The van der Waals surface area contributed by atoms with E-state index in [9.17, 15) is 8.42 Å². The second-order valence-electron chi connectivity index (χ2n) is 4.90. The van der Waals surface area contributed by atoms with Gasteiger partial charge in [0.2, 0.25) is 10.0 Å². The predicted molar refractivity (Wildman–Crippen MR) is 96.5 cm³/mol. The van der Waals surface area contributed by atoms with E-state index < -0.39 is 15.3 Å². The molecule has 3 nitrogen and oxygen atoms in total. The van der Waals surface area contributed by atoms with Crippen molar-refractivity contribution in [1.29, 1.82) is 0 Å². The van der Waals surface area contributed by atoms with E-state index in [0.717, 1.165) is 30.4 Å². The Morgan fingerprint density at radius 1 is 1.27 bits per heavy atom. The van der Waals surface area contributed by atoms with E-state index in [1.807, 2.05) is 24.3 Å². The summed E-state index contributed by atoms with van der Waals surface area (Å²) in [6.45, 7) is 2.11. The summed E-state index contributed by atoms with van der Waals surface area (Å²) in [7, 11) is -3.78. The van der Waals surface area contributed by atoms with Crippen molar-refractivity contribution in [3.8, 4) is 0 Å². The molecule has 0 saturated carbocycles. The minimum absolute atomic E-state index is 0. The molecule has 0 aliphatic carbocycles. The van der Waals surface area contributed by atoms with Gasteiger partial charge in [-0.2, -0.15) is 0 Å². The average molecular weight is 352 g/mol. The molecule has 0 bridgehead atoms. The molecule has 1 aromatic carbocycles. The number of aryl methyl sites for hydroxylation is 1. The molecule has 116 valence electrons. The molecular formula is C15H19ClLiNO2S2. The standard InChI is InChI=1S/C15H18ClNO2S2.Li.H/c1-2-3-6-11-7-4-5-8-12(11)15(21(17,18)19)14-13(16)9-10-20-14;;/h4-5,7-10,15H,2-3,6H2,1H3,(H2,17,18,19);;/t15-;;/m1../s1. The van der Waals surface area contributed by atoms with Crippen LogP contribution in [-0.4, -0.2) is 27.3 Å². The first kappa shape index (κ1) is 19.8. The molecule has 0 aliphatic rings. The van der Waals surface area contributed by atoms with Gasteiger partial charge in [0.05, 0.1) is 5.02 Å². The van der Waals surface area contributed by atoms with Gasteiger partial charge < -0.3 is 0 Å². The van der Waals surface area contributed by atoms with E-state index >= 15 is 0 Å². The Labute approximate surface area is 153 Å². The topological polar surface area (TPSA) is 60.2 Å². The molecule has 1 atom stereocenters. The van der Waals surface area contributed by atoms with Gasteiger partial charge in [-0.1, -0.05) is 49.2 Å². The van der Waals surface area contributed by atoms with Gasteiger partial charge in [-0.15, -0.1) is 11.3 Å². The van der Waals surface area contributed by atoms with Crippen molar-refractivity contribution >= 4 is 51.8 Å². The van der Waals surface area contributed by atoms with Crippen LogP contribution in [0.5, 0.6) is 0 Å². The molecule has 0 saturated heterocycles. The number of primary sulfonamides is 1. The number of hydrogen-bond donors (Lipinski definition) is 1. The predicted octanol–water partition coefficient (Wildman–Crippen LogP) is 3.47. The zero-order valence-corrected chi connectivity index (χ0v) is 14.1. The van der Waals surface area contributed by atoms with Crippen molar-refractivity contribution in [2.75, 3.05) is 0 Å². The SMILES string of the molecule is CCCCc1ccccc1[C@H](c1sccc1Cl)S(N)(=O)=O.[LiH]. The average Bonchev–Trinajstić information content (AvgIpc) is 2.83. The van der Waals surface area contributed by atoms with Gasteiger partial charge in [0.15, 0.2) is 0 Å². The van der Waals surface area contributed by atoms with Crippen LogP contribution in [0.1, 0.15) is 41.0 Å². The van der Waals surface area contributed by atoms with Gasteiger partial charge >= 0.3 is 18.9 Å². The van der Waals surface area contributed by atoms with Gasteiger partial charge in [0.1, 0.15) is 5.25 Å². The number of nitrogens with two attached hydrogens (primary N) is 1. The van der Waals surface area contributed by atoms with Gasteiger partial charge in [-0.05, 0) is 35.4 Å². The van der Waals surface area contributed by atoms with E-state index in [2.05, 4.69) is 6.92 Å². The molecular weight excluding hydrogens is 333 g/mol. The van der Waals surface area contributed by atoms with Crippen molar-refractivity contribution in [3.05, 3.63) is 56.7 Å². The summed E-state index contributed by atoms with van der Waals surface area (Å²) in [6.07, 6.45) is 2.89. The van der Waals surface area contributed by atoms with Gasteiger partial charge in [0.25, 0.3) is 0 Å². The van der Waals surface area contributed by atoms with E-state index in [1.54, 1.807) is 11.4 Å². The monoisotopic (exact) mass is 351 g/mol. The summed E-state index contributed by atoms with van der Waals surface area (Å²) in [5.41, 5.74) is 1.75. The molecule has 2 rings (SSSR count). The number of thiophene rings is 1. The third kappa shape index (κ3) is 4.61. The van der Waals surface area contributed by atoms with Gasteiger partial charge in [0, 0.05) is 4.88 Å². The fraction of sp³-hybridized carbons (Fsp3) is 0.333. The zero-order chi connectivity index (χ0) is 15.5. The third-order valence-corrected chi connectivity index (χ3v) is 6.07. The van der Waals surface area contributed by atoms with Crippen LogP contribution in [0.2, 0.25) is 5.02 Å². The molecule has 22 heavy (non-hydrogen) atoms. The molecule has 0 unspecified atom stereocenters. The van der Waals surface area contributed by atoms with Crippen LogP contribution in [0.3, 0.4) is 0 Å². The molecule has 0 aliphatic heterocycles. The summed E-state index contributed by atoms with van der Waals surface area (Å²) in [4.78, 5) is 0.586. The molecule has 2 N–H and O–H groups in total. The molecule has 0 spiro atoms. The number of hydrogen-bond acceptors (Lipinski definition) is 3. The Hall–Kier alpha value is -0.283. The van der Waals surface area contributed by atoms with E-state index in [4.69, 9.17) is 16.7 Å². The molecule has 0 fully saturated rings. The minimum atomic E-state index is -3.78. The van der Waals surface area contributed by atoms with Crippen molar-refractivity contribution in [2.24, 2.45) is 5.14 Å². The van der Waals surface area contributed by atoms with Crippen LogP contribution in [0, 0.1) is 0 Å². The normalized spacial score (nSPS) is 12.7. The van der Waals surface area contributed by atoms with Crippen LogP contribution in [-0.2, 0) is 16.4 Å². The number of rotatable bonds is 6. The van der Waals surface area contributed by atoms with Crippen molar-refractivity contribution in [1.82, 2.24) is 0 Å². The number of unbranched alkanes of at least 4 members (excludes halogenated alkanes) is 1. The third-order valence-electron chi connectivity index (χ3n) is 3.35. The van der Waals surface area contributed by atoms with Gasteiger partial charge in [-0.25, -0.2) is 13.6 Å². The molecule has 0 amide bonds. The fourth-order valence-electron chi connectivity index (χ4n) is 2.34. The number of sulfonamides is 1. The Bertz CT molecular complexity index is 716.